The van der Waals surface area contributed by atoms with E-state index in [1.807, 2.05) is 49.4 Å². The van der Waals surface area contributed by atoms with Crippen molar-refractivity contribution in [1.82, 2.24) is 14.5 Å². The van der Waals surface area contributed by atoms with Crippen molar-refractivity contribution in [2.24, 2.45) is 0 Å². The summed E-state index contributed by atoms with van der Waals surface area (Å²) >= 11 is 1.46. The van der Waals surface area contributed by atoms with Crippen molar-refractivity contribution in [2.45, 2.75) is 13.3 Å². The van der Waals surface area contributed by atoms with E-state index in [0.29, 0.717) is 23.5 Å². The van der Waals surface area contributed by atoms with Crippen LogP contribution >= 0.6 is 11.3 Å². The Morgan fingerprint density at radius 1 is 1.14 bits per heavy atom. The highest BCUT2D eigenvalue weighted by atomic mass is 32.1. The Bertz CT molecular complexity index is 1170. The minimum Gasteiger partial charge on any atom is -0.319 e. The third-order valence-corrected chi connectivity index (χ3v) is 5.18. The van der Waals surface area contributed by atoms with Gasteiger partial charge in [-0.05, 0) is 24.6 Å². The number of aryl methyl sites for hydroxylation is 1. The van der Waals surface area contributed by atoms with Gasteiger partial charge in [-0.25, -0.2) is 9.78 Å². The molecule has 0 fully saturated rings. The first-order valence-corrected chi connectivity index (χ1v) is 9.66. The summed E-state index contributed by atoms with van der Waals surface area (Å²) in [6.07, 6.45) is 2.32. The highest BCUT2D eigenvalue weighted by molar-refractivity contribution is 7.09. The predicted molar refractivity (Wildman–Crippen MR) is 110 cm³/mol. The number of hydrogen-bond acceptors (Lipinski definition) is 4. The van der Waals surface area contributed by atoms with Gasteiger partial charge in [0.05, 0.1) is 16.4 Å². The van der Waals surface area contributed by atoms with Crippen LogP contribution in [0.1, 0.15) is 26.8 Å². The molecule has 2 aromatic carbocycles. The number of carbonyl (C=O) groups is 1. The highest BCUT2D eigenvalue weighted by Crippen LogP contribution is 2.21. The number of thiazole rings is 1. The maximum atomic E-state index is 12.7. The van der Waals surface area contributed by atoms with Crippen LogP contribution in [-0.4, -0.2) is 20.4 Å². The number of amides is 1. The van der Waals surface area contributed by atoms with E-state index >= 15 is 0 Å². The number of hydrogen-bond donors (Lipinski definition) is 2. The van der Waals surface area contributed by atoms with Crippen molar-refractivity contribution in [3.8, 4) is 5.69 Å². The number of aromatic nitrogens is 3. The molecule has 1 amide bonds. The lowest BCUT2D eigenvalue weighted by Crippen LogP contribution is -2.19. The average Bonchev–Trinajstić information content (AvgIpc) is 3.30. The van der Waals surface area contributed by atoms with Crippen LogP contribution in [-0.2, 0) is 6.42 Å². The van der Waals surface area contributed by atoms with E-state index in [-0.39, 0.29) is 11.6 Å². The molecular weight excluding hydrogens is 372 g/mol. The molecule has 0 saturated heterocycles. The van der Waals surface area contributed by atoms with Crippen molar-refractivity contribution < 1.29 is 4.79 Å². The summed E-state index contributed by atoms with van der Waals surface area (Å²) in [7, 11) is 0. The zero-order valence-corrected chi connectivity index (χ0v) is 16.0. The van der Waals surface area contributed by atoms with E-state index in [0.717, 1.165) is 16.3 Å². The Balaban J connectivity index is 1.56. The molecule has 6 nitrogen and oxygen atoms in total. The van der Waals surface area contributed by atoms with Gasteiger partial charge in [0.1, 0.15) is 5.69 Å². The van der Waals surface area contributed by atoms with Gasteiger partial charge in [0.2, 0.25) is 0 Å². The van der Waals surface area contributed by atoms with Crippen molar-refractivity contribution >= 4 is 22.9 Å². The minimum absolute atomic E-state index is 0.252. The number of aromatic amines is 1. The molecule has 140 valence electrons. The molecule has 0 unspecified atom stereocenters. The van der Waals surface area contributed by atoms with E-state index in [1.54, 1.807) is 23.7 Å². The standard InChI is InChI=1S/C21H18N4O2S/c1-14-12-22-21(27)25(14)18-10-6-5-9-16(18)24-20(26)17-13-28-19(23-17)11-15-7-3-2-4-8-15/h2-10,12-13H,11H2,1H3,(H,22,27)(H,24,26). The molecule has 28 heavy (non-hydrogen) atoms. The number of H-pyrrole nitrogens is 1. The van der Waals surface area contributed by atoms with Crippen LogP contribution in [0.25, 0.3) is 5.69 Å². The van der Waals surface area contributed by atoms with Crippen LogP contribution in [0, 0.1) is 6.92 Å². The summed E-state index contributed by atoms with van der Waals surface area (Å²) in [6, 6.07) is 17.2. The predicted octanol–water partition coefficient (Wildman–Crippen LogP) is 3.77. The van der Waals surface area contributed by atoms with Crippen LogP contribution in [0.4, 0.5) is 5.69 Å². The highest BCUT2D eigenvalue weighted by Gasteiger charge is 2.15. The molecule has 4 aromatic rings. The maximum absolute atomic E-state index is 12.7. The first-order valence-electron chi connectivity index (χ1n) is 8.78. The number of imidazole rings is 1. The van der Waals surface area contributed by atoms with Crippen LogP contribution in [0.15, 0.2) is 71.0 Å². The molecule has 0 atom stereocenters. The zero-order valence-electron chi connectivity index (χ0n) is 15.2. The van der Waals surface area contributed by atoms with Gasteiger partial charge in [0.25, 0.3) is 5.91 Å². The molecule has 2 heterocycles. The SMILES string of the molecule is Cc1c[nH]c(=O)n1-c1ccccc1NC(=O)c1csc(Cc2ccccc2)n1. The number of nitrogens with zero attached hydrogens (tertiary/aromatic N) is 2. The van der Waals surface area contributed by atoms with Gasteiger partial charge in [-0.3, -0.25) is 9.36 Å². The summed E-state index contributed by atoms with van der Waals surface area (Å²) in [5.74, 6) is -0.302. The average molecular weight is 390 g/mol. The van der Waals surface area contributed by atoms with Gasteiger partial charge < -0.3 is 10.3 Å². The van der Waals surface area contributed by atoms with E-state index in [4.69, 9.17) is 0 Å². The van der Waals surface area contributed by atoms with Crippen LogP contribution in [0.3, 0.4) is 0 Å². The Morgan fingerprint density at radius 2 is 1.89 bits per heavy atom. The fourth-order valence-corrected chi connectivity index (χ4v) is 3.79. The summed E-state index contributed by atoms with van der Waals surface area (Å²) in [4.78, 5) is 31.9. The Labute approximate surface area is 165 Å². The molecule has 7 heteroatoms. The summed E-state index contributed by atoms with van der Waals surface area (Å²) in [5, 5.41) is 5.51. The van der Waals surface area contributed by atoms with Crippen molar-refractivity contribution in [2.75, 3.05) is 5.32 Å². The first-order chi connectivity index (χ1) is 13.6. The smallest absolute Gasteiger partial charge is 0.319 e. The second kappa shape index (κ2) is 7.66. The monoisotopic (exact) mass is 390 g/mol. The van der Waals surface area contributed by atoms with Gasteiger partial charge in [0.15, 0.2) is 0 Å². The second-order valence-corrected chi connectivity index (χ2v) is 7.27. The van der Waals surface area contributed by atoms with Gasteiger partial charge in [-0.15, -0.1) is 11.3 Å². The zero-order chi connectivity index (χ0) is 19.5. The number of anilines is 1. The fraction of sp³-hybridized carbons (Fsp3) is 0.0952. The van der Waals surface area contributed by atoms with E-state index in [1.165, 1.54) is 15.9 Å². The quantitative estimate of drug-likeness (QED) is 0.544. The summed E-state index contributed by atoms with van der Waals surface area (Å²) < 4.78 is 1.53. The molecule has 0 spiro atoms. The molecule has 0 saturated carbocycles. The molecule has 2 N–H and O–H groups in total. The van der Waals surface area contributed by atoms with E-state index < -0.39 is 0 Å². The molecule has 2 aromatic heterocycles. The molecule has 4 rings (SSSR count). The van der Waals surface area contributed by atoms with Crippen LogP contribution in [0.5, 0.6) is 0 Å². The third-order valence-electron chi connectivity index (χ3n) is 4.34. The lowest BCUT2D eigenvalue weighted by atomic mass is 10.2. The Hall–Kier alpha value is -3.45. The van der Waals surface area contributed by atoms with E-state index in [2.05, 4.69) is 15.3 Å². The topological polar surface area (TPSA) is 79.8 Å². The Kier molecular flexibility index (Phi) is 4.90. The summed E-state index contributed by atoms with van der Waals surface area (Å²) in [5.41, 5.74) is 3.18. The fourth-order valence-electron chi connectivity index (χ4n) is 2.98. The van der Waals surface area contributed by atoms with Crippen LogP contribution in [0.2, 0.25) is 0 Å². The molecule has 0 aliphatic carbocycles. The van der Waals surface area contributed by atoms with Crippen molar-refractivity contribution in [1.29, 1.82) is 0 Å². The second-order valence-electron chi connectivity index (χ2n) is 6.33. The van der Waals surface area contributed by atoms with Gasteiger partial charge >= 0.3 is 5.69 Å². The molecular formula is C21H18N4O2S. The number of carbonyl (C=O) groups excluding carboxylic acids is 1. The minimum atomic E-state index is -0.302. The third kappa shape index (κ3) is 3.65. The molecule has 0 aliphatic heterocycles. The lowest BCUT2D eigenvalue weighted by molar-refractivity contribution is 0.102. The number of benzene rings is 2. The van der Waals surface area contributed by atoms with Gasteiger partial charge in [-0.2, -0.15) is 0 Å². The van der Waals surface area contributed by atoms with E-state index in [9.17, 15) is 9.59 Å². The van der Waals surface area contributed by atoms with Crippen molar-refractivity contribution in [3.05, 3.63) is 98.6 Å². The largest absolute Gasteiger partial charge is 0.330 e. The van der Waals surface area contributed by atoms with Gasteiger partial charge in [-0.1, -0.05) is 42.5 Å². The normalized spacial score (nSPS) is 10.8. The molecule has 0 aliphatic rings. The van der Waals surface area contributed by atoms with Crippen LogP contribution < -0.4 is 11.0 Å². The molecule has 0 bridgehead atoms. The first kappa shape index (κ1) is 17.9. The van der Waals surface area contributed by atoms with Gasteiger partial charge in [0, 0.05) is 23.7 Å². The summed E-state index contributed by atoms with van der Waals surface area (Å²) in [6.45, 7) is 1.83. The number of rotatable bonds is 5. The Morgan fingerprint density at radius 3 is 2.64 bits per heavy atom. The van der Waals surface area contributed by atoms with Crippen molar-refractivity contribution in [3.63, 3.8) is 0 Å². The maximum Gasteiger partial charge on any atom is 0.330 e. The number of nitrogens with one attached hydrogen (secondary N) is 2. The lowest BCUT2D eigenvalue weighted by Gasteiger charge is -2.11. The molecule has 0 radical (unpaired) electrons. The number of para-hydroxylation sites is 2.